The Balaban J connectivity index is 1.25. The second kappa shape index (κ2) is 8.26. The molecule has 2 amide bonds. The highest BCUT2D eigenvalue weighted by atomic mass is 16.2. The minimum absolute atomic E-state index is 0.0810. The van der Waals surface area contributed by atoms with Gasteiger partial charge in [-0.25, -0.2) is 9.97 Å². The van der Waals surface area contributed by atoms with Crippen LogP contribution in [0.25, 0.3) is 11.1 Å². The number of rotatable bonds is 4. The van der Waals surface area contributed by atoms with Gasteiger partial charge < -0.3 is 10.2 Å². The number of fused-ring (bicyclic) bond motifs is 1. The lowest BCUT2D eigenvalue weighted by Crippen LogP contribution is -2.39. The second-order valence-corrected chi connectivity index (χ2v) is 8.03. The average molecular weight is 413 g/mol. The maximum absolute atomic E-state index is 12.9. The van der Waals surface area contributed by atoms with Crippen LogP contribution in [0.1, 0.15) is 52.8 Å². The topological polar surface area (TPSA) is 88.1 Å². The van der Waals surface area contributed by atoms with Crippen molar-refractivity contribution in [3.63, 3.8) is 0 Å². The molecule has 156 valence electrons. The summed E-state index contributed by atoms with van der Waals surface area (Å²) in [5.74, 6) is 0.263. The summed E-state index contributed by atoms with van der Waals surface area (Å²) in [5, 5.41) is 2.94. The molecule has 0 aliphatic carbocycles. The predicted octanol–water partition coefficient (Wildman–Crippen LogP) is 3.12. The van der Waals surface area contributed by atoms with Crippen LogP contribution < -0.4 is 5.32 Å². The summed E-state index contributed by atoms with van der Waals surface area (Å²) < 4.78 is 0. The molecule has 2 aliphatic rings. The van der Waals surface area contributed by atoms with E-state index in [1.54, 1.807) is 18.7 Å². The molecule has 2 aromatic heterocycles. The number of benzene rings is 1. The zero-order valence-corrected chi connectivity index (χ0v) is 17.1. The molecular formula is C24H23N5O2. The van der Waals surface area contributed by atoms with E-state index in [1.165, 1.54) is 0 Å². The molecule has 0 radical (unpaired) electrons. The number of carbonyl (C=O) groups is 2. The minimum atomic E-state index is -0.242. The van der Waals surface area contributed by atoms with Crippen molar-refractivity contribution in [3.8, 4) is 11.1 Å². The number of nitrogens with zero attached hydrogens (tertiary/aromatic N) is 4. The first-order chi connectivity index (χ1) is 15.2. The first-order valence-corrected chi connectivity index (χ1v) is 10.6. The van der Waals surface area contributed by atoms with E-state index >= 15 is 0 Å². The number of carbonyl (C=O) groups excluding carboxylic acids is 2. The molecule has 4 heterocycles. The van der Waals surface area contributed by atoms with Crippen molar-refractivity contribution in [3.05, 3.63) is 78.1 Å². The lowest BCUT2D eigenvalue weighted by molar-refractivity contribution is -0.132. The van der Waals surface area contributed by atoms with Crippen LogP contribution in [0.5, 0.6) is 0 Å². The maximum Gasteiger partial charge on any atom is 0.252 e. The standard InChI is InChI=1S/C24H23N5O2/c30-22(13-21-18-3-1-2-4-19(18)24(31)28-21)29-11-7-17(8-12-29)23-20(14-26-15-27-23)16-5-9-25-10-6-16/h1-6,9-10,14-15,17,21H,7-8,11-13H2,(H,28,31)/t21-/m1/s1. The summed E-state index contributed by atoms with van der Waals surface area (Å²) >= 11 is 0. The van der Waals surface area contributed by atoms with E-state index in [0.717, 1.165) is 35.2 Å². The summed E-state index contributed by atoms with van der Waals surface area (Å²) in [6, 6.07) is 11.2. The van der Waals surface area contributed by atoms with Gasteiger partial charge in [0.1, 0.15) is 6.33 Å². The Morgan fingerprint density at radius 2 is 1.81 bits per heavy atom. The molecule has 31 heavy (non-hydrogen) atoms. The van der Waals surface area contributed by atoms with Crippen molar-refractivity contribution < 1.29 is 9.59 Å². The number of nitrogens with one attached hydrogen (secondary N) is 1. The molecule has 0 bridgehead atoms. The average Bonchev–Trinajstić information content (AvgIpc) is 3.15. The monoisotopic (exact) mass is 413 g/mol. The molecule has 1 fully saturated rings. The predicted molar refractivity (Wildman–Crippen MR) is 115 cm³/mol. The Bertz CT molecular complexity index is 1110. The number of aromatic nitrogens is 3. The van der Waals surface area contributed by atoms with Crippen molar-refractivity contribution in [2.45, 2.75) is 31.2 Å². The van der Waals surface area contributed by atoms with Crippen molar-refractivity contribution in [2.24, 2.45) is 0 Å². The third-order valence-electron chi connectivity index (χ3n) is 6.23. The van der Waals surface area contributed by atoms with Crippen LogP contribution in [-0.4, -0.2) is 44.8 Å². The first-order valence-electron chi connectivity index (χ1n) is 10.6. The van der Waals surface area contributed by atoms with Gasteiger partial charge in [-0.3, -0.25) is 14.6 Å². The van der Waals surface area contributed by atoms with Crippen LogP contribution in [0, 0.1) is 0 Å². The molecule has 0 saturated carbocycles. The Hall–Kier alpha value is -3.61. The minimum Gasteiger partial charge on any atom is -0.345 e. The second-order valence-electron chi connectivity index (χ2n) is 8.03. The fraction of sp³-hybridized carbons (Fsp3) is 0.292. The molecule has 2 aliphatic heterocycles. The van der Waals surface area contributed by atoms with Gasteiger partial charge in [-0.1, -0.05) is 18.2 Å². The van der Waals surface area contributed by atoms with Crippen molar-refractivity contribution in [1.82, 2.24) is 25.2 Å². The number of amides is 2. The summed E-state index contributed by atoms with van der Waals surface area (Å²) in [6.07, 6.45) is 9.00. The van der Waals surface area contributed by atoms with E-state index in [-0.39, 0.29) is 23.8 Å². The Kier molecular flexibility index (Phi) is 5.16. The zero-order valence-electron chi connectivity index (χ0n) is 17.1. The highest BCUT2D eigenvalue weighted by molar-refractivity contribution is 5.99. The van der Waals surface area contributed by atoms with Crippen LogP contribution in [-0.2, 0) is 4.79 Å². The number of likely N-dealkylation sites (tertiary alicyclic amines) is 1. The van der Waals surface area contributed by atoms with Crippen molar-refractivity contribution in [2.75, 3.05) is 13.1 Å². The summed E-state index contributed by atoms with van der Waals surface area (Å²) in [6.45, 7) is 1.37. The number of piperidine rings is 1. The first kappa shape index (κ1) is 19.4. The third-order valence-corrected chi connectivity index (χ3v) is 6.23. The van der Waals surface area contributed by atoms with Crippen LogP contribution in [0.15, 0.2) is 61.3 Å². The van der Waals surface area contributed by atoms with Gasteiger partial charge in [0.25, 0.3) is 5.91 Å². The molecule has 5 rings (SSSR count). The quantitative estimate of drug-likeness (QED) is 0.710. The van der Waals surface area contributed by atoms with Crippen LogP contribution in [0.2, 0.25) is 0 Å². The van der Waals surface area contributed by atoms with E-state index in [0.29, 0.717) is 25.1 Å². The summed E-state index contributed by atoms with van der Waals surface area (Å²) in [7, 11) is 0. The lowest BCUT2D eigenvalue weighted by Gasteiger charge is -2.33. The molecule has 3 aromatic rings. The zero-order chi connectivity index (χ0) is 21.2. The smallest absolute Gasteiger partial charge is 0.252 e. The van der Waals surface area contributed by atoms with Gasteiger partial charge in [0.05, 0.1) is 18.2 Å². The Labute approximate surface area is 180 Å². The van der Waals surface area contributed by atoms with Gasteiger partial charge >= 0.3 is 0 Å². The van der Waals surface area contributed by atoms with Crippen LogP contribution in [0.4, 0.5) is 0 Å². The molecule has 7 heteroatoms. The molecule has 1 aromatic carbocycles. The van der Waals surface area contributed by atoms with E-state index < -0.39 is 0 Å². The number of hydrogen-bond acceptors (Lipinski definition) is 5. The highest BCUT2D eigenvalue weighted by Crippen LogP contribution is 2.34. The number of hydrogen-bond donors (Lipinski definition) is 1. The summed E-state index contributed by atoms with van der Waals surface area (Å²) in [5.41, 5.74) is 4.70. The Morgan fingerprint density at radius 3 is 2.61 bits per heavy atom. The van der Waals surface area contributed by atoms with Gasteiger partial charge in [-0.15, -0.1) is 0 Å². The highest BCUT2D eigenvalue weighted by Gasteiger charge is 2.32. The van der Waals surface area contributed by atoms with E-state index in [9.17, 15) is 9.59 Å². The van der Waals surface area contributed by atoms with Gasteiger partial charge in [-0.05, 0) is 42.2 Å². The Morgan fingerprint density at radius 1 is 1.03 bits per heavy atom. The lowest BCUT2D eigenvalue weighted by atomic mass is 9.89. The van der Waals surface area contributed by atoms with E-state index in [2.05, 4.69) is 20.3 Å². The SMILES string of the molecule is O=C1N[C@H](CC(=O)N2CCC(c3ncncc3-c3ccncc3)CC2)c2ccccc21. The van der Waals surface area contributed by atoms with Crippen LogP contribution >= 0.6 is 0 Å². The largest absolute Gasteiger partial charge is 0.345 e. The van der Waals surface area contributed by atoms with Gasteiger partial charge in [0.15, 0.2) is 0 Å². The maximum atomic E-state index is 12.9. The van der Waals surface area contributed by atoms with Gasteiger partial charge in [-0.2, -0.15) is 0 Å². The molecular weight excluding hydrogens is 390 g/mol. The van der Waals surface area contributed by atoms with Gasteiger partial charge in [0, 0.05) is 48.7 Å². The van der Waals surface area contributed by atoms with E-state index in [1.807, 2.05) is 47.5 Å². The van der Waals surface area contributed by atoms with E-state index in [4.69, 9.17) is 0 Å². The van der Waals surface area contributed by atoms with Gasteiger partial charge in [0.2, 0.25) is 5.91 Å². The fourth-order valence-electron chi connectivity index (χ4n) is 4.61. The van der Waals surface area contributed by atoms with Crippen molar-refractivity contribution in [1.29, 1.82) is 0 Å². The molecule has 1 atom stereocenters. The third kappa shape index (κ3) is 3.79. The molecule has 0 unspecified atom stereocenters. The summed E-state index contributed by atoms with van der Waals surface area (Å²) in [4.78, 5) is 39.9. The number of pyridine rings is 1. The fourth-order valence-corrected chi connectivity index (χ4v) is 4.61. The van der Waals surface area contributed by atoms with Crippen LogP contribution in [0.3, 0.4) is 0 Å². The molecule has 0 spiro atoms. The molecule has 7 nitrogen and oxygen atoms in total. The molecule has 1 N–H and O–H groups in total. The van der Waals surface area contributed by atoms with Crippen molar-refractivity contribution >= 4 is 11.8 Å². The normalized spacial score (nSPS) is 18.5. The molecule has 1 saturated heterocycles.